The Bertz CT molecular complexity index is 719. The topological polar surface area (TPSA) is 67.4 Å². The van der Waals surface area contributed by atoms with Crippen molar-refractivity contribution in [2.75, 3.05) is 6.54 Å². The van der Waals surface area contributed by atoms with Gasteiger partial charge < -0.3 is 10.1 Å². The summed E-state index contributed by atoms with van der Waals surface area (Å²) in [6, 6.07) is 13.6. The number of carbonyl (C=O) groups excluding carboxylic acids is 2. The maximum Gasteiger partial charge on any atom is 0.321 e. The zero-order valence-corrected chi connectivity index (χ0v) is 14.3. The number of rotatable bonds is 5. The Morgan fingerprint density at radius 1 is 1.17 bits per heavy atom. The number of ether oxygens (including phenoxy) is 1. The number of imide groups is 1. The van der Waals surface area contributed by atoms with Crippen LogP contribution >= 0.6 is 11.6 Å². The zero-order valence-electron chi connectivity index (χ0n) is 13.5. The minimum atomic E-state index is -0.950. The molecule has 5 nitrogen and oxygen atoms in total. The molecule has 0 aliphatic rings. The summed E-state index contributed by atoms with van der Waals surface area (Å²) in [7, 11) is 0. The smallest absolute Gasteiger partial charge is 0.321 e. The van der Waals surface area contributed by atoms with E-state index in [4.69, 9.17) is 16.3 Å². The van der Waals surface area contributed by atoms with E-state index in [0.717, 1.165) is 5.56 Å². The normalized spacial score (nSPS) is 11.5. The van der Waals surface area contributed by atoms with E-state index in [1.54, 1.807) is 49.4 Å². The fraction of sp³-hybridized carbons (Fsp3) is 0.222. The first-order valence-corrected chi connectivity index (χ1v) is 7.95. The molecule has 24 heavy (non-hydrogen) atoms. The molecular weight excluding hydrogens is 328 g/mol. The molecule has 126 valence electrons. The van der Waals surface area contributed by atoms with Crippen molar-refractivity contribution >= 4 is 23.5 Å². The van der Waals surface area contributed by atoms with Gasteiger partial charge in [0, 0.05) is 17.1 Å². The van der Waals surface area contributed by atoms with Crippen molar-refractivity contribution in [3.63, 3.8) is 0 Å². The van der Waals surface area contributed by atoms with E-state index in [2.05, 4.69) is 10.6 Å². The number of carbonyl (C=O) groups is 2. The van der Waals surface area contributed by atoms with Crippen LogP contribution in [-0.4, -0.2) is 18.5 Å². The molecule has 0 saturated heterocycles. The van der Waals surface area contributed by atoms with Crippen LogP contribution in [0.4, 0.5) is 4.79 Å². The fourth-order valence-corrected chi connectivity index (χ4v) is 2.23. The summed E-state index contributed by atoms with van der Waals surface area (Å²) in [5, 5.41) is 5.42. The number of aryl methyl sites for hydroxylation is 1. The number of amides is 3. The summed E-state index contributed by atoms with van der Waals surface area (Å²) < 4.78 is 5.83. The lowest BCUT2D eigenvalue weighted by atomic mass is 10.1. The van der Waals surface area contributed by atoms with Crippen LogP contribution in [0.5, 0.6) is 5.75 Å². The second-order valence-electron chi connectivity index (χ2n) is 5.17. The van der Waals surface area contributed by atoms with Crippen LogP contribution in [-0.2, 0) is 4.79 Å². The van der Waals surface area contributed by atoms with Crippen molar-refractivity contribution in [3.05, 3.63) is 64.7 Å². The number of hydrogen-bond acceptors (Lipinski definition) is 3. The molecular formula is C18H19ClN2O3. The van der Waals surface area contributed by atoms with Gasteiger partial charge in [-0.3, -0.25) is 10.1 Å². The predicted octanol–water partition coefficient (Wildman–Crippen LogP) is 3.61. The molecule has 2 N–H and O–H groups in total. The van der Waals surface area contributed by atoms with E-state index in [1.165, 1.54) is 0 Å². The third kappa shape index (κ3) is 4.73. The Kier molecular flexibility index (Phi) is 6.21. The monoisotopic (exact) mass is 346 g/mol. The van der Waals surface area contributed by atoms with Gasteiger partial charge in [0.15, 0.2) is 0 Å². The molecule has 1 atom stereocenters. The maximum atomic E-state index is 12.5. The Morgan fingerprint density at radius 2 is 1.88 bits per heavy atom. The number of benzene rings is 2. The van der Waals surface area contributed by atoms with E-state index in [-0.39, 0.29) is 0 Å². The minimum Gasteiger partial charge on any atom is -0.476 e. The Balaban J connectivity index is 2.24. The van der Waals surface area contributed by atoms with E-state index in [0.29, 0.717) is 22.9 Å². The predicted molar refractivity (Wildman–Crippen MR) is 93.2 cm³/mol. The highest BCUT2D eigenvalue weighted by molar-refractivity contribution is 6.31. The first-order chi connectivity index (χ1) is 11.5. The van der Waals surface area contributed by atoms with Crippen LogP contribution < -0.4 is 15.4 Å². The van der Waals surface area contributed by atoms with Gasteiger partial charge >= 0.3 is 6.03 Å². The summed E-state index contributed by atoms with van der Waals surface area (Å²) in [6.45, 7) is 4.04. The van der Waals surface area contributed by atoms with Gasteiger partial charge in [-0.1, -0.05) is 41.9 Å². The zero-order chi connectivity index (χ0) is 17.5. The second kappa shape index (κ2) is 8.36. The van der Waals surface area contributed by atoms with Gasteiger partial charge in [-0.15, -0.1) is 0 Å². The molecule has 2 aromatic carbocycles. The first-order valence-electron chi connectivity index (χ1n) is 7.57. The van der Waals surface area contributed by atoms with Gasteiger partial charge in [0.1, 0.15) is 5.75 Å². The Hall–Kier alpha value is -2.53. The highest BCUT2D eigenvalue weighted by atomic mass is 35.5. The fourth-order valence-electron chi connectivity index (χ4n) is 2.11. The van der Waals surface area contributed by atoms with Crippen molar-refractivity contribution in [1.82, 2.24) is 10.6 Å². The Labute approximate surface area is 146 Å². The molecule has 3 amide bonds. The first kappa shape index (κ1) is 17.8. The standard InChI is InChI=1S/C18H19ClN2O3/c1-3-20-18(23)21-17(22)16(13-7-5-4-6-8-13)24-14-9-10-15(19)12(2)11-14/h4-11,16H,3H2,1-2H3,(H2,20,21,22,23)/t16-/m0/s1. The van der Waals surface area contributed by atoms with E-state index in [1.807, 2.05) is 13.0 Å². The summed E-state index contributed by atoms with van der Waals surface area (Å²) >= 11 is 6.01. The average molecular weight is 347 g/mol. The molecule has 0 fully saturated rings. The van der Waals surface area contributed by atoms with Crippen LogP contribution in [0.1, 0.15) is 24.2 Å². The largest absolute Gasteiger partial charge is 0.476 e. The number of hydrogen-bond donors (Lipinski definition) is 2. The van der Waals surface area contributed by atoms with Crippen molar-refractivity contribution in [2.24, 2.45) is 0 Å². The molecule has 0 radical (unpaired) electrons. The molecule has 0 bridgehead atoms. The van der Waals surface area contributed by atoms with Crippen LogP contribution in [0.15, 0.2) is 48.5 Å². The molecule has 0 aromatic heterocycles. The van der Waals surface area contributed by atoms with Gasteiger partial charge in [-0.25, -0.2) is 4.79 Å². The van der Waals surface area contributed by atoms with Crippen molar-refractivity contribution in [3.8, 4) is 5.75 Å². The van der Waals surface area contributed by atoms with E-state index < -0.39 is 18.0 Å². The van der Waals surface area contributed by atoms with Gasteiger partial charge in [-0.2, -0.15) is 0 Å². The van der Waals surface area contributed by atoms with Gasteiger partial charge in [0.2, 0.25) is 6.10 Å². The van der Waals surface area contributed by atoms with Crippen LogP contribution in [0, 0.1) is 6.92 Å². The summed E-state index contributed by atoms with van der Waals surface area (Å²) in [4.78, 5) is 24.1. The quantitative estimate of drug-likeness (QED) is 0.869. The lowest BCUT2D eigenvalue weighted by Crippen LogP contribution is -2.42. The lowest BCUT2D eigenvalue weighted by Gasteiger charge is -2.19. The van der Waals surface area contributed by atoms with Gasteiger partial charge in [-0.05, 0) is 37.6 Å². The molecule has 2 rings (SSSR count). The highest BCUT2D eigenvalue weighted by Crippen LogP contribution is 2.26. The third-order valence-electron chi connectivity index (χ3n) is 3.30. The molecule has 0 heterocycles. The minimum absolute atomic E-state index is 0.423. The molecule has 0 spiro atoms. The molecule has 6 heteroatoms. The van der Waals surface area contributed by atoms with Crippen LogP contribution in [0.2, 0.25) is 5.02 Å². The summed E-state index contributed by atoms with van der Waals surface area (Å²) in [5.74, 6) is -0.0449. The van der Waals surface area contributed by atoms with Crippen molar-refractivity contribution < 1.29 is 14.3 Å². The van der Waals surface area contributed by atoms with E-state index in [9.17, 15) is 9.59 Å². The number of nitrogens with one attached hydrogen (secondary N) is 2. The van der Waals surface area contributed by atoms with Crippen LogP contribution in [0.3, 0.4) is 0 Å². The third-order valence-corrected chi connectivity index (χ3v) is 3.72. The number of urea groups is 1. The van der Waals surface area contributed by atoms with Crippen molar-refractivity contribution in [1.29, 1.82) is 0 Å². The van der Waals surface area contributed by atoms with Crippen molar-refractivity contribution in [2.45, 2.75) is 20.0 Å². The molecule has 0 saturated carbocycles. The highest BCUT2D eigenvalue weighted by Gasteiger charge is 2.24. The SMILES string of the molecule is CCNC(=O)NC(=O)[C@@H](Oc1ccc(Cl)c(C)c1)c1ccccc1. The lowest BCUT2D eigenvalue weighted by molar-refractivity contribution is -0.127. The molecule has 0 unspecified atom stereocenters. The second-order valence-corrected chi connectivity index (χ2v) is 5.58. The summed E-state index contributed by atoms with van der Waals surface area (Å²) in [5.41, 5.74) is 1.48. The van der Waals surface area contributed by atoms with E-state index >= 15 is 0 Å². The summed E-state index contributed by atoms with van der Waals surface area (Å²) in [6.07, 6.45) is -0.950. The Morgan fingerprint density at radius 3 is 2.50 bits per heavy atom. The van der Waals surface area contributed by atoms with Gasteiger partial charge in [0.05, 0.1) is 0 Å². The van der Waals surface area contributed by atoms with Gasteiger partial charge in [0.25, 0.3) is 5.91 Å². The maximum absolute atomic E-state index is 12.5. The molecule has 2 aromatic rings. The molecule has 0 aliphatic heterocycles. The average Bonchev–Trinajstić information content (AvgIpc) is 2.56. The number of halogens is 1. The van der Waals surface area contributed by atoms with Crippen LogP contribution in [0.25, 0.3) is 0 Å². The molecule has 0 aliphatic carbocycles.